The van der Waals surface area contributed by atoms with E-state index in [0.717, 1.165) is 19.6 Å². The minimum absolute atomic E-state index is 0.547. The van der Waals surface area contributed by atoms with Gasteiger partial charge in [-0.15, -0.1) is 0 Å². The van der Waals surface area contributed by atoms with Gasteiger partial charge < -0.3 is 9.88 Å². The van der Waals surface area contributed by atoms with Crippen LogP contribution in [0, 0.1) is 0 Å². The van der Waals surface area contributed by atoms with Crippen LogP contribution in [-0.4, -0.2) is 21.1 Å². The molecule has 1 aliphatic heterocycles. The number of rotatable bonds is 4. The van der Waals surface area contributed by atoms with Crippen LogP contribution in [0.5, 0.6) is 0 Å². The highest BCUT2D eigenvalue weighted by molar-refractivity contribution is 5.09. The van der Waals surface area contributed by atoms with Crippen LogP contribution in [0.4, 0.5) is 0 Å². The van der Waals surface area contributed by atoms with Crippen LogP contribution in [0.25, 0.3) is 0 Å². The zero-order chi connectivity index (χ0) is 12.2. The van der Waals surface area contributed by atoms with Gasteiger partial charge in [-0.2, -0.15) is 0 Å². The Morgan fingerprint density at radius 3 is 3.28 bits per heavy atom. The molecule has 0 amide bonds. The van der Waals surface area contributed by atoms with Gasteiger partial charge in [0.25, 0.3) is 0 Å². The van der Waals surface area contributed by atoms with E-state index >= 15 is 0 Å². The molecule has 1 N–H and O–H groups in total. The first-order valence-corrected chi connectivity index (χ1v) is 6.54. The number of pyridine rings is 1. The summed E-state index contributed by atoms with van der Waals surface area (Å²) in [6.07, 6.45) is 10.2. The van der Waals surface area contributed by atoms with E-state index in [4.69, 9.17) is 0 Å². The van der Waals surface area contributed by atoms with Crippen molar-refractivity contribution in [3.8, 4) is 0 Å². The Hall–Kier alpha value is -1.68. The normalized spacial score (nSPS) is 18.6. The lowest BCUT2D eigenvalue weighted by atomic mass is 9.99. The fourth-order valence-corrected chi connectivity index (χ4v) is 2.59. The standard InChI is InChI=1S/C14H18N4/c1-3-12(9-15-5-1)10-16-11-13-4-2-7-18-8-6-17-14(13)18/h1,3,5-6,8-9,13,16H,2,4,7,10-11H2/t13-/m1/s1. The monoisotopic (exact) mass is 242 g/mol. The molecule has 18 heavy (non-hydrogen) atoms. The maximum atomic E-state index is 4.47. The third-order valence-corrected chi connectivity index (χ3v) is 3.51. The molecule has 0 radical (unpaired) electrons. The average molecular weight is 242 g/mol. The lowest BCUT2D eigenvalue weighted by Gasteiger charge is -2.23. The van der Waals surface area contributed by atoms with Gasteiger partial charge in [-0.05, 0) is 24.5 Å². The maximum absolute atomic E-state index is 4.47. The summed E-state index contributed by atoms with van der Waals surface area (Å²) in [5.41, 5.74) is 1.23. The van der Waals surface area contributed by atoms with Gasteiger partial charge in [0, 0.05) is 50.3 Å². The lowest BCUT2D eigenvalue weighted by molar-refractivity contribution is 0.423. The highest BCUT2D eigenvalue weighted by Gasteiger charge is 2.20. The van der Waals surface area contributed by atoms with E-state index < -0.39 is 0 Å². The summed E-state index contributed by atoms with van der Waals surface area (Å²) in [6, 6.07) is 4.08. The minimum atomic E-state index is 0.547. The molecular formula is C14H18N4. The van der Waals surface area contributed by atoms with E-state index in [9.17, 15) is 0 Å². The molecule has 2 aromatic rings. The van der Waals surface area contributed by atoms with E-state index in [1.54, 1.807) is 6.20 Å². The highest BCUT2D eigenvalue weighted by atomic mass is 15.1. The Bertz CT molecular complexity index is 492. The van der Waals surface area contributed by atoms with Crippen molar-refractivity contribution < 1.29 is 0 Å². The van der Waals surface area contributed by atoms with Crippen molar-refractivity contribution >= 4 is 0 Å². The van der Waals surface area contributed by atoms with Gasteiger partial charge in [0.15, 0.2) is 0 Å². The number of nitrogens with one attached hydrogen (secondary N) is 1. The molecule has 0 spiro atoms. The summed E-state index contributed by atoms with van der Waals surface area (Å²) >= 11 is 0. The van der Waals surface area contributed by atoms with Crippen LogP contribution in [0.15, 0.2) is 36.9 Å². The van der Waals surface area contributed by atoms with Crippen LogP contribution >= 0.6 is 0 Å². The van der Waals surface area contributed by atoms with Crippen molar-refractivity contribution in [2.45, 2.75) is 31.8 Å². The Morgan fingerprint density at radius 1 is 1.39 bits per heavy atom. The van der Waals surface area contributed by atoms with Gasteiger partial charge >= 0.3 is 0 Å². The SMILES string of the molecule is c1cncc(CNC[C@H]2CCCn3ccnc32)c1. The zero-order valence-electron chi connectivity index (χ0n) is 10.4. The van der Waals surface area contributed by atoms with Gasteiger partial charge in [-0.3, -0.25) is 4.98 Å². The fraction of sp³-hybridized carbons (Fsp3) is 0.429. The summed E-state index contributed by atoms with van der Waals surface area (Å²) in [6.45, 7) is 2.99. The van der Waals surface area contributed by atoms with Gasteiger partial charge in [0.1, 0.15) is 5.82 Å². The number of aryl methyl sites for hydroxylation is 1. The number of hydrogen-bond donors (Lipinski definition) is 1. The molecular weight excluding hydrogens is 224 g/mol. The van der Waals surface area contributed by atoms with Gasteiger partial charge in [0.2, 0.25) is 0 Å². The molecule has 1 aliphatic rings. The molecule has 0 bridgehead atoms. The Morgan fingerprint density at radius 2 is 2.39 bits per heavy atom. The molecule has 0 unspecified atom stereocenters. The number of imidazole rings is 1. The molecule has 2 aromatic heterocycles. The molecule has 1 atom stereocenters. The summed E-state index contributed by atoms with van der Waals surface area (Å²) in [7, 11) is 0. The predicted octanol–water partition coefficient (Wildman–Crippen LogP) is 1.95. The van der Waals surface area contributed by atoms with Gasteiger partial charge in [0.05, 0.1) is 0 Å². The molecule has 3 heterocycles. The van der Waals surface area contributed by atoms with Crippen LogP contribution < -0.4 is 5.32 Å². The Balaban J connectivity index is 1.56. The maximum Gasteiger partial charge on any atom is 0.113 e. The first kappa shape index (κ1) is 11.4. The summed E-state index contributed by atoms with van der Waals surface area (Å²) in [5, 5.41) is 3.51. The summed E-state index contributed by atoms with van der Waals surface area (Å²) in [4.78, 5) is 8.60. The molecule has 0 saturated carbocycles. The van der Waals surface area contributed by atoms with Crippen molar-refractivity contribution in [2.75, 3.05) is 6.54 Å². The third kappa shape index (κ3) is 2.43. The molecule has 4 heteroatoms. The molecule has 3 rings (SSSR count). The summed E-state index contributed by atoms with van der Waals surface area (Å²) < 4.78 is 2.28. The average Bonchev–Trinajstić information content (AvgIpc) is 2.89. The number of aromatic nitrogens is 3. The number of fused-ring (bicyclic) bond motifs is 1. The first-order chi connectivity index (χ1) is 8.93. The molecule has 0 saturated heterocycles. The minimum Gasteiger partial charge on any atom is -0.335 e. The Kier molecular flexibility index (Phi) is 3.37. The van der Waals surface area contributed by atoms with Crippen molar-refractivity contribution in [3.63, 3.8) is 0 Å². The second kappa shape index (κ2) is 5.31. The largest absolute Gasteiger partial charge is 0.335 e. The molecule has 94 valence electrons. The number of nitrogens with zero attached hydrogens (tertiary/aromatic N) is 3. The van der Waals surface area contributed by atoms with Crippen LogP contribution in [0.2, 0.25) is 0 Å². The number of hydrogen-bond acceptors (Lipinski definition) is 3. The smallest absolute Gasteiger partial charge is 0.113 e. The van der Waals surface area contributed by atoms with E-state index in [1.807, 2.05) is 18.5 Å². The lowest BCUT2D eigenvalue weighted by Crippen LogP contribution is -2.26. The topological polar surface area (TPSA) is 42.7 Å². The van der Waals surface area contributed by atoms with Gasteiger partial charge in [-0.25, -0.2) is 4.98 Å². The van der Waals surface area contributed by atoms with Crippen molar-refractivity contribution in [1.29, 1.82) is 0 Å². The van der Waals surface area contributed by atoms with Crippen molar-refractivity contribution in [3.05, 3.63) is 48.3 Å². The second-order valence-electron chi connectivity index (χ2n) is 4.81. The van der Waals surface area contributed by atoms with Gasteiger partial charge in [-0.1, -0.05) is 6.07 Å². The molecule has 0 aromatic carbocycles. The van der Waals surface area contributed by atoms with E-state index in [0.29, 0.717) is 5.92 Å². The van der Waals surface area contributed by atoms with Crippen LogP contribution in [0.1, 0.15) is 30.1 Å². The summed E-state index contributed by atoms with van der Waals surface area (Å²) in [5.74, 6) is 1.78. The van der Waals surface area contributed by atoms with Crippen LogP contribution in [-0.2, 0) is 13.1 Å². The molecule has 4 nitrogen and oxygen atoms in total. The van der Waals surface area contributed by atoms with Crippen LogP contribution in [0.3, 0.4) is 0 Å². The molecule has 0 aliphatic carbocycles. The van der Waals surface area contributed by atoms with E-state index in [-0.39, 0.29) is 0 Å². The first-order valence-electron chi connectivity index (χ1n) is 6.54. The predicted molar refractivity (Wildman–Crippen MR) is 70.1 cm³/mol. The molecule has 0 fully saturated rings. The van der Waals surface area contributed by atoms with E-state index in [1.165, 1.54) is 24.2 Å². The third-order valence-electron chi connectivity index (χ3n) is 3.51. The van der Waals surface area contributed by atoms with Crippen molar-refractivity contribution in [2.24, 2.45) is 0 Å². The Labute approximate surface area is 107 Å². The van der Waals surface area contributed by atoms with E-state index in [2.05, 4.69) is 32.1 Å². The highest BCUT2D eigenvalue weighted by Crippen LogP contribution is 2.24. The zero-order valence-corrected chi connectivity index (χ0v) is 10.4. The fourth-order valence-electron chi connectivity index (χ4n) is 2.59. The second-order valence-corrected chi connectivity index (χ2v) is 4.81. The van der Waals surface area contributed by atoms with Crippen molar-refractivity contribution in [1.82, 2.24) is 19.9 Å². The quantitative estimate of drug-likeness (QED) is 0.891.